The Morgan fingerprint density at radius 1 is 1.10 bits per heavy atom. The lowest BCUT2D eigenvalue weighted by atomic mass is 10.1. The molecule has 208 valence electrons. The molecule has 5 aromatic rings. The molecule has 41 heavy (non-hydrogen) atoms. The third kappa shape index (κ3) is 5.27. The van der Waals surface area contributed by atoms with Crippen LogP contribution in [0.5, 0.6) is 17.2 Å². The number of ether oxygens (including phenoxy) is 3. The van der Waals surface area contributed by atoms with E-state index in [1.165, 1.54) is 24.9 Å². The Morgan fingerprint density at radius 3 is 2.61 bits per heavy atom. The number of rotatable bonds is 10. The lowest BCUT2D eigenvalue weighted by Crippen LogP contribution is -2.23. The molecule has 1 atom stereocenters. The van der Waals surface area contributed by atoms with Gasteiger partial charge in [0, 0.05) is 5.56 Å². The molecule has 10 nitrogen and oxygen atoms in total. The van der Waals surface area contributed by atoms with E-state index in [-0.39, 0.29) is 11.4 Å². The number of methoxy groups -OCH3 is 2. The molecule has 0 spiro atoms. The smallest absolute Gasteiger partial charge is 0.344 e. The molecule has 0 aliphatic rings. The maximum atomic E-state index is 13.6. The highest BCUT2D eigenvalue weighted by atomic mass is 16.5. The minimum atomic E-state index is -1.11. The van der Waals surface area contributed by atoms with Crippen molar-refractivity contribution in [1.29, 1.82) is 0 Å². The predicted octanol–water partition coefficient (Wildman–Crippen LogP) is 5.29. The second kappa shape index (κ2) is 11.4. The SMILES string of the molecule is C=CCc1cc(C=Nn2c(-c3cc4c(OC)cccc4o3)nc3ccccc3c2=O)cc(OC)c1O[C@H](C)C(=O)O. The molecule has 1 N–H and O–H groups in total. The number of aliphatic carboxylic acids is 1. The van der Waals surface area contributed by atoms with Gasteiger partial charge < -0.3 is 23.7 Å². The largest absolute Gasteiger partial charge is 0.496 e. The fourth-order valence-electron chi connectivity index (χ4n) is 4.41. The molecule has 5 rings (SSSR count). The molecule has 0 saturated heterocycles. The van der Waals surface area contributed by atoms with Crippen LogP contribution in [0.2, 0.25) is 0 Å². The summed E-state index contributed by atoms with van der Waals surface area (Å²) in [6.45, 7) is 5.22. The fourth-order valence-corrected chi connectivity index (χ4v) is 4.41. The van der Waals surface area contributed by atoms with Crippen LogP contribution in [-0.4, -0.2) is 47.3 Å². The number of hydrogen-bond donors (Lipinski definition) is 1. The Morgan fingerprint density at radius 2 is 1.88 bits per heavy atom. The third-order valence-electron chi connectivity index (χ3n) is 6.42. The number of carbonyl (C=O) groups is 1. The molecule has 0 amide bonds. The number of allylic oxidation sites excluding steroid dienone is 1. The van der Waals surface area contributed by atoms with Gasteiger partial charge in [0.05, 0.1) is 36.7 Å². The number of aromatic nitrogens is 2. The number of fused-ring (bicyclic) bond motifs is 2. The van der Waals surface area contributed by atoms with Crippen molar-refractivity contribution >= 4 is 34.1 Å². The highest BCUT2D eigenvalue weighted by Gasteiger charge is 2.20. The van der Waals surface area contributed by atoms with Gasteiger partial charge in [0.15, 0.2) is 23.4 Å². The van der Waals surface area contributed by atoms with Crippen molar-refractivity contribution in [3.8, 4) is 28.8 Å². The van der Waals surface area contributed by atoms with Gasteiger partial charge in [0.2, 0.25) is 5.82 Å². The lowest BCUT2D eigenvalue weighted by Gasteiger charge is -2.18. The molecule has 0 aliphatic carbocycles. The Bertz CT molecular complexity index is 1870. The number of nitrogens with zero attached hydrogens (tertiary/aromatic N) is 3. The van der Waals surface area contributed by atoms with E-state index < -0.39 is 12.1 Å². The number of hydrogen-bond acceptors (Lipinski definition) is 8. The second-order valence-corrected chi connectivity index (χ2v) is 9.10. The van der Waals surface area contributed by atoms with Crippen molar-refractivity contribution < 1.29 is 28.5 Å². The maximum Gasteiger partial charge on any atom is 0.344 e. The molecule has 0 bridgehead atoms. The van der Waals surface area contributed by atoms with Crippen LogP contribution < -0.4 is 19.8 Å². The first-order valence-corrected chi connectivity index (χ1v) is 12.7. The Kier molecular flexibility index (Phi) is 7.55. The minimum absolute atomic E-state index is 0.205. The summed E-state index contributed by atoms with van der Waals surface area (Å²) in [5.74, 6) is 0.657. The molecular formula is C31H27N3O7. The first kappa shape index (κ1) is 27.2. The Balaban J connectivity index is 1.66. The summed E-state index contributed by atoms with van der Waals surface area (Å²) in [6, 6.07) is 17.6. The molecule has 0 fully saturated rings. The van der Waals surface area contributed by atoms with Crippen molar-refractivity contribution in [2.24, 2.45) is 5.10 Å². The molecule has 2 heterocycles. The zero-order chi connectivity index (χ0) is 29.1. The number of para-hydroxylation sites is 1. The molecule has 2 aromatic heterocycles. The van der Waals surface area contributed by atoms with Gasteiger partial charge in [-0.25, -0.2) is 9.78 Å². The number of benzene rings is 3. The van der Waals surface area contributed by atoms with Crippen molar-refractivity contribution in [3.63, 3.8) is 0 Å². The van der Waals surface area contributed by atoms with Crippen molar-refractivity contribution in [2.45, 2.75) is 19.4 Å². The molecule has 3 aromatic carbocycles. The zero-order valence-electron chi connectivity index (χ0n) is 22.7. The first-order chi connectivity index (χ1) is 19.8. The summed E-state index contributed by atoms with van der Waals surface area (Å²) in [5.41, 5.74) is 1.90. The first-order valence-electron chi connectivity index (χ1n) is 12.7. The molecule has 0 unspecified atom stereocenters. The van der Waals surface area contributed by atoms with Gasteiger partial charge in [-0.2, -0.15) is 9.78 Å². The van der Waals surface area contributed by atoms with E-state index in [0.29, 0.717) is 57.0 Å². The van der Waals surface area contributed by atoms with E-state index >= 15 is 0 Å². The zero-order valence-corrected chi connectivity index (χ0v) is 22.7. The lowest BCUT2D eigenvalue weighted by molar-refractivity contribution is -0.144. The van der Waals surface area contributed by atoms with Crippen LogP contribution in [0.3, 0.4) is 0 Å². The van der Waals surface area contributed by atoms with Crippen LogP contribution in [0.1, 0.15) is 18.1 Å². The molecule has 10 heteroatoms. The standard InChI is InChI=1S/C31H27N3O7/c1-5-9-20-14-19(15-26(39-4)28(20)40-18(2)31(36)37)17-32-34-29(33-23-11-7-6-10-21(23)30(34)35)27-16-22-24(38-3)12-8-13-25(22)41-27/h5-8,10-18H,1,9H2,2-4H3,(H,36,37)/t18-/m1/s1. The van der Waals surface area contributed by atoms with Gasteiger partial charge in [0.1, 0.15) is 11.3 Å². The van der Waals surface area contributed by atoms with Crippen molar-refractivity contribution in [3.05, 3.63) is 94.8 Å². The van der Waals surface area contributed by atoms with Crippen LogP contribution in [-0.2, 0) is 11.2 Å². The van der Waals surface area contributed by atoms with E-state index in [1.807, 2.05) is 12.1 Å². The van der Waals surface area contributed by atoms with Gasteiger partial charge in [-0.15, -0.1) is 6.58 Å². The highest BCUT2D eigenvalue weighted by molar-refractivity contribution is 5.89. The minimum Gasteiger partial charge on any atom is -0.496 e. The van der Waals surface area contributed by atoms with Gasteiger partial charge >= 0.3 is 5.97 Å². The molecular weight excluding hydrogens is 526 g/mol. The van der Waals surface area contributed by atoms with E-state index in [4.69, 9.17) is 23.6 Å². The highest BCUT2D eigenvalue weighted by Crippen LogP contribution is 2.35. The van der Waals surface area contributed by atoms with Crippen molar-refractivity contribution in [2.75, 3.05) is 14.2 Å². The second-order valence-electron chi connectivity index (χ2n) is 9.10. The Labute approximate surface area is 234 Å². The number of furan rings is 1. The third-order valence-corrected chi connectivity index (χ3v) is 6.42. The van der Waals surface area contributed by atoms with Crippen molar-refractivity contribution in [1.82, 2.24) is 9.66 Å². The topological polar surface area (TPSA) is 125 Å². The Hall–Kier alpha value is -5.38. The summed E-state index contributed by atoms with van der Waals surface area (Å²) in [5, 5.41) is 15.0. The van der Waals surface area contributed by atoms with E-state index in [1.54, 1.807) is 61.7 Å². The molecule has 0 radical (unpaired) electrons. The average molecular weight is 554 g/mol. The summed E-state index contributed by atoms with van der Waals surface area (Å²) < 4.78 is 23.9. The summed E-state index contributed by atoms with van der Waals surface area (Å²) >= 11 is 0. The van der Waals surface area contributed by atoms with Crippen LogP contribution in [0.15, 0.2) is 87.6 Å². The van der Waals surface area contributed by atoms with Crippen LogP contribution in [0.4, 0.5) is 0 Å². The maximum absolute atomic E-state index is 13.6. The van der Waals surface area contributed by atoms with Gasteiger partial charge in [0.25, 0.3) is 5.56 Å². The number of carboxylic acids is 1. The van der Waals surface area contributed by atoms with Crippen LogP contribution in [0, 0.1) is 0 Å². The van der Waals surface area contributed by atoms with E-state index in [2.05, 4.69) is 11.7 Å². The predicted molar refractivity (Wildman–Crippen MR) is 155 cm³/mol. The van der Waals surface area contributed by atoms with E-state index in [0.717, 1.165) is 5.39 Å². The molecule has 0 saturated carbocycles. The summed E-state index contributed by atoms with van der Waals surface area (Å²) in [7, 11) is 3.03. The normalized spacial score (nSPS) is 12.1. The summed E-state index contributed by atoms with van der Waals surface area (Å²) in [4.78, 5) is 29.8. The van der Waals surface area contributed by atoms with Gasteiger partial charge in [-0.3, -0.25) is 4.79 Å². The quantitative estimate of drug-likeness (QED) is 0.183. The molecule has 0 aliphatic heterocycles. The van der Waals surface area contributed by atoms with E-state index in [9.17, 15) is 14.7 Å². The van der Waals surface area contributed by atoms with Crippen LogP contribution >= 0.6 is 0 Å². The van der Waals surface area contributed by atoms with Gasteiger partial charge in [-0.05, 0) is 61.4 Å². The summed E-state index contributed by atoms with van der Waals surface area (Å²) in [6.07, 6.45) is 2.44. The average Bonchev–Trinajstić information content (AvgIpc) is 3.42. The monoisotopic (exact) mass is 553 g/mol. The number of carboxylic acid groups (broad SMARTS) is 1. The van der Waals surface area contributed by atoms with Gasteiger partial charge in [-0.1, -0.05) is 24.3 Å². The fraction of sp³-hybridized carbons (Fsp3) is 0.161. The van der Waals surface area contributed by atoms with Crippen LogP contribution in [0.25, 0.3) is 33.5 Å².